The first-order valence-electron chi connectivity index (χ1n) is 10.2. The summed E-state index contributed by atoms with van der Waals surface area (Å²) in [4.78, 5) is 17.1. The van der Waals surface area contributed by atoms with Gasteiger partial charge in [-0.15, -0.1) is 0 Å². The van der Waals surface area contributed by atoms with Gasteiger partial charge in [-0.3, -0.25) is 9.48 Å². The summed E-state index contributed by atoms with van der Waals surface area (Å²) in [6.45, 7) is -1.05. The van der Waals surface area contributed by atoms with Crippen molar-refractivity contribution in [1.82, 2.24) is 24.4 Å². The second-order valence-corrected chi connectivity index (χ2v) is 7.79. The topological polar surface area (TPSA) is 115 Å². The van der Waals surface area contributed by atoms with Gasteiger partial charge in [0.05, 0.1) is 11.9 Å². The first-order chi connectivity index (χ1) is 15.6. The van der Waals surface area contributed by atoms with Crippen molar-refractivity contribution in [1.29, 1.82) is 0 Å². The molecule has 0 bridgehead atoms. The highest BCUT2D eigenvalue weighted by atomic mass is 19.4. The van der Waals surface area contributed by atoms with E-state index in [1.807, 2.05) is 0 Å². The van der Waals surface area contributed by atoms with Crippen molar-refractivity contribution >= 4 is 23.1 Å². The molecule has 3 aromatic rings. The number of hydrogen-bond acceptors (Lipinski definition) is 6. The van der Waals surface area contributed by atoms with Crippen molar-refractivity contribution in [2.75, 3.05) is 10.6 Å². The van der Waals surface area contributed by atoms with E-state index in [0.717, 1.165) is 31.9 Å². The van der Waals surface area contributed by atoms with Crippen LogP contribution in [0.2, 0.25) is 0 Å². The van der Waals surface area contributed by atoms with Crippen LogP contribution in [0.25, 0.3) is 5.65 Å². The standard InChI is InChI=1S/C19H21F5N8O/c20-14(21)9-31-8-13(16(30-31)19(22,23)24)28-18(33)10-7-26-32-6-5-15(29-17(10)32)27-12-4-2-1-3-11(12)25/h5-8,11-12,14H,1-4,9,25H2,(H,27,29)(H,28,33)/t11-,12+/m0/s1. The van der Waals surface area contributed by atoms with Crippen LogP contribution in [0.15, 0.2) is 24.7 Å². The van der Waals surface area contributed by atoms with E-state index in [1.54, 1.807) is 12.3 Å². The Morgan fingerprint density at radius 3 is 2.73 bits per heavy atom. The Bertz CT molecular complexity index is 1140. The molecule has 0 aliphatic heterocycles. The van der Waals surface area contributed by atoms with Crippen LogP contribution in [0.3, 0.4) is 0 Å². The lowest BCUT2D eigenvalue weighted by Crippen LogP contribution is -2.42. The van der Waals surface area contributed by atoms with Crippen LogP contribution in [0.1, 0.15) is 41.7 Å². The zero-order valence-corrected chi connectivity index (χ0v) is 17.2. The van der Waals surface area contributed by atoms with Crippen molar-refractivity contribution in [3.05, 3.63) is 35.9 Å². The monoisotopic (exact) mass is 472 g/mol. The number of anilines is 2. The van der Waals surface area contributed by atoms with E-state index < -0.39 is 36.4 Å². The Morgan fingerprint density at radius 1 is 1.27 bits per heavy atom. The molecule has 33 heavy (non-hydrogen) atoms. The molecule has 0 radical (unpaired) electrons. The van der Waals surface area contributed by atoms with E-state index in [-0.39, 0.29) is 23.3 Å². The number of nitrogens with zero attached hydrogens (tertiary/aromatic N) is 5. The van der Waals surface area contributed by atoms with Gasteiger partial charge in [0.2, 0.25) is 0 Å². The van der Waals surface area contributed by atoms with Crippen molar-refractivity contribution in [2.45, 2.75) is 56.9 Å². The SMILES string of the molecule is N[C@H]1CCCC[C@H]1Nc1ccn2ncc(C(=O)Nc3cn(CC(F)F)nc3C(F)(F)F)c2n1. The third kappa shape index (κ3) is 5.05. The molecule has 1 aliphatic rings. The van der Waals surface area contributed by atoms with E-state index in [1.165, 1.54) is 4.52 Å². The van der Waals surface area contributed by atoms with Gasteiger partial charge in [0.1, 0.15) is 17.9 Å². The van der Waals surface area contributed by atoms with Crippen LogP contribution in [0, 0.1) is 0 Å². The first-order valence-corrected chi connectivity index (χ1v) is 10.2. The largest absolute Gasteiger partial charge is 0.437 e. The summed E-state index contributed by atoms with van der Waals surface area (Å²) in [5.41, 5.74) is 3.94. The number of aromatic nitrogens is 5. The molecule has 1 fully saturated rings. The van der Waals surface area contributed by atoms with Crippen LogP contribution in [0.4, 0.5) is 33.5 Å². The maximum Gasteiger partial charge on any atom is 0.437 e. The average molecular weight is 472 g/mol. The maximum atomic E-state index is 13.3. The number of fused-ring (bicyclic) bond motifs is 1. The molecule has 0 saturated heterocycles. The number of nitrogens with two attached hydrogens (primary N) is 1. The molecule has 1 aliphatic carbocycles. The molecule has 2 atom stereocenters. The lowest BCUT2D eigenvalue weighted by Gasteiger charge is -2.29. The summed E-state index contributed by atoms with van der Waals surface area (Å²) >= 11 is 0. The van der Waals surface area contributed by atoms with E-state index in [2.05, 4.69) is 25.8 Å². The lowest BCUT2D eigenvalue weighted by atomic mass is 9.91. The highest BCUT2D eigenvalue weighted by molar-refractivity contribution is 6.08. The Balaban J connectivity index is 1.59. The van der Waals surface area contributed by atoms with Gasteiger partial charge in [-0.1, -0.05) is 12.8 Å². The lowest BCUT2D eigenvalue weighted by molar-refractivity contribution is -0.141. The first kappa shape index (κ1) is 22.9. The quantitative estimate of drug-likeness (QED) is 0.475. The van der Waals surface area contributed by atoms with Crippen LogP contribution in [-0.2, 0) is 12.7 Å². The molecule has 14 heteroatoms. The minimum Gasteiger partial charge on any atom is -0.366 e. The molecule has 0 unspecified atom stereocenters. The molecule has 9 nitrogen and oxygen atoms in total. The molecular weight excluding hydrogens is 451 g/mol. The zero-order chi connectivity index (χ0) is 23.8. The van der Waals surface area contributed by atoms with E-state index in [0.29, 0.717) is 16.7 Å². The molecule has 1 saturated carbocycles. The van der Waals surface area contributed by atoms with Crippen molar-refractivity contribution in [3.63, 3.8) is 0 Å². The molecule has 178 valence electrons. The molecule has 4 N–H and O–H groups in total. The summed E-state index contributed by atoms with van der Waals surface area (Å²) in [7, 11) is 0. The minimum atomic E-state index is -4.95. The van der Waals surface area contributed by atoms with E-state index in [4.69, 9.17) is 5.73 Å². The normalized spacial score (nSPS) is 19.2. The van der Waals surface area contributed by atoms with E-state index >= 15 is 0 Å². The molecule has 0 aromatic carbocycles. The van der Waals surface area contributed by atoms with Gasteiger partial charge in [-0.25, -0.2) is 18.3 Å². The van der Waals surface area contributed by atoms with Crippen molar-refractivity contribution < 1.29 is 26.7 Å². The highest BCUT2D eigenvalue weighted by Gasteiger charge is 2.38. The van der Waals surface area contributed by atoms with Gasteiger partial charge >= 0.3 is 6.18 Å². The fourth-order valence-electron chi connectivity index (χ4n) is 3.78. The van der Waals surface area contributed by atoms with Crippen LogP contribution >= 0.6 is 0 Å². The van der Waals surface area contributed by atoms with Crippen LogP contribution in [-0.4, -0.2) is 48.8 Å². The molecule has 1 amide bonds. The number of alkyl halides is 5. The zero-order valence-electron chi connectivity index (χ0n) is 17.2. The summed E-state index contributed by atoms with van der Waals surface area (Å²) in [5, 5.41) is 12.5. The number of nitrogens with one attached hydrogen (secondary N) is 2. The summed E-state index contributed by atoms with van der Waals surface area (Å²) in [5.74, 6) is -0.494. The van der Waals surface area contributed by atoms with Crippen molar-refractivity contribution in [3.8, 4) is 0 Å². The number of halogens is 5. The fourth-order valence-corrected chi connectivity index (χ4v) is 3.78. The summed E-state index contributed by atoms with van der Waals surface area (Å²) in [6, 6.07) is 1.61. The molecule has 3 heterocycles. The van der Waals surface area contributed by atoms with Gasteiger partial charge in [-0.05, 0) is 18.9 Å². The predicted molar refractivity (Wildman–Crippen MR) is 108 cm³/mol. The number of rotatable bonds is 6. The Hall–Kier alpha value is -3.29. The minimum absolute atomic E-state index is 0.00363. The Morgan fingerprint density at radius 2 is 2.03 bits per heavy atom. The summed E-state index contributed by atoms with van der Waals surface area (Å²) in [6.07, 6.45) is -0.635. The molecule has 3 aromatic heterocycles. The summed E-state index contributed by atoms with van der Waals surface area (Å²) < 4.78 is 66.8. The third-order valence-electron chi connectivity index (χ3n) is 5.37. The molecule has 4 rings (SSSR count). The number of hydrogen-bond donors (Lipinski definition) is 3. The smallest absolute Gasteiger partial charge is 0.366 e. The van der Waals surface area contributed by atoms with E-state index in [9.17, 15) is 26.7 Å². The molecular formula is C19H21F5N8O. The van der Waals surface area contributed by atoms with Crippen LogP contribution in [0.5, 0.6) is 0 Å². The maximum absolute atomic E-state index is 13.3. The second-order valence-electron chi connectivity index (χ2n) is 7.79. The fraction of sp³-hybridized carbons (Fsp3) is 0.474. The van der Waals surface area contributed by atoms with Gasteiger partial charge in [0.15, 0.2) is 11.3 Å². The van der Waals surface area contributed by atoms with Crippen molar-refractivity contribution in [2.24, 2.45) is 5.73 Å². The third-order valence-corrected chi connectivity index (χ3v) is 5.37. The Kier molecular flexibility index (Phi) is 6.19. The van der Waals surface area contributed by atoms with Gasteiger partial charge in [0, 0.05) is 24.5 Å². The number of carbonyl (C=O) groups is 1. The second kappa shape index (κ2) is 8.92. The van der Waals surface area contributed by atoms with Gasteiger partial charge < -0.3 is 16.4 Å². The Labute approximate surface area is 184 Å². The average Bonchev–Trinajstić information content (AvgIpc) is 3.33. The highest BCUT2D eigenvalue weighted by Crippen LogP contribution is 2.34. The number of amides is 1. The van der Waals surface area contributed by atoms with Crippen LogP contribution < -0.4 is 16.4 Å². The molecule has 0 spiro atoms. The predicted octanol–water partition coefficient (Wildman–Crippen LogP) is 3.14. The van der Waals surface area contributed by atoms with Gasteiger partial charge in [-0.2, -0.15) is 23.4 Å². The van der Waals surface area contributed by atoms with Gasteiger partial charge in [0.25, 0.3) is 12.3 Å². The number of carbonyl (C=O) groups excluding carboxylic acids is 1.